The second-order valence-corrected chi connectivity index (χ2v) is 3.59. The van der Waals surface area contributed by atoms with Crippen molar-refractivity contribution in [3.63, 3.8) is 0 Å². The lowest BCUT2D eigenvalue weighted by molar-refractivity contribution is 0.325. The van der Waals surface area contributed by atoms with Crippen LogP contribution in [0, 0.1) is 0 Å². The summed E-state index contributed by atoms with van der Waals surface area (Å²) < 4.78 is 5.35. The molecule has 0 unspecified atom stereocenters. The minimum absolute atomic E-state index is 0.664. The number of alkyl halides is 1. The molecule has 0 aromatic rings. The molecule has 0 bridgehead atoms. The Labute approximate surface area is 71.0 Å². The highest BCUT2D eigenvalue weighted by Gasteiger charge is 1.90. The van der Waals surface area contributed by atoms with Crippen molar-refractivity contribution in [1.29, 1.82) is 0 Å². The van der Waals surface area contributed by atoms with Crippen LogP contribution < -0.4 is 0 Å². The monoisotopic (exact) mass is 178 g/mol. The zero-order valence-corrected chi connectivity index (χ0v) is 8.28. The van der Waals surface area contributed by atoms with Crippen molar-refractivity contribution < 1.29 is 4.43 Å². The first kappa shape index (κ1) is 10.5. The highest BCUT2D eigenvalue weighted by atomic mass is 35.5. The Kier molecular flexibility index (Phi) is 9.91. The summed E-state index contributed by atoms with van der Waals surface area (Å²) in [6, 6.07) is 1.13. The first-order valence-electron chi connectivity index (χ1n) is 3.82. The molecule has 0 amide bonds. The lowest BCUT2D eigenvalue weighted by Crippen LogP contribution is -1.99. The Morgan fingerprint density at radius 2 is 2.20 bits per heavy atom. The van der Waals surface area contributed by atoms with Gasteiger partial charge in [-0.2, -0.15) is 0 Å². The minimum Gasteiger partial charge on any atom is -0.417 e. The van der Waals surface area contributed by atoms with E-state index in [1.54, 1.807) is 0 Å². The maximum atomic E-state index is 5.49. The van der Waals surface area contributed by atoms with Crippen LogP contribution in [0.4, 0.5) is 0 Å². The molecule has 0 heterocycles. The van der Waals surface area contributed by atoms with E-state index in [1.165, 1.54) is 12.8 Å². The van der Waals surface area contributed by atoms with Gasteiger partial charge >= 0.3 is 0 Å². The van der Waals surface area contributed by atoms with Crippen LogP contribution in [0.5, 0.6) is 0 Å². The SMILES string of the molecule is CCCCO[Si]CCCCl. The smallest absolute Gasteiger partial charge is 0.229 e. The molecule has 0 spiro atoms. The summed E-state index contributed by atoms with van der Waals surface area (Å²) in [7, 11) is 0.664. The predicted octanol–water partition coefficient (Wildman–Crippen LogP) is 2.47. The summed E-state index contributed by atoms with van der Waals surface area (Å²) in [6.07, 6.45) is 3.50. The third kappa shape index (κ3) is 8.47. The second kappa shape index (κ2) is 9.47. The minimum atomic E-state index is 0.664. The molecule has 0 aliphatic carbocycles. The molecule has 0 atom stereocenters. The zero-order valence-electron chi connectivity index (χ0n) is 6.53. The molecule has 2 radical (unpaired) electrons. The van der Waals surface area contributed by atoms with E-state index in [2.05, 4.69) is 6.92 Å². The van der Waals surface area contributed by atoms with E-state index >= 15 is 0 Å². The quantitative estimate of drug-likeness (QED) is 0.331. The van der Waals surface area contributed by atoms with Crippen molar-refractivity contribution in [3.8, 4) is 0 Å². The predicted molar refractivity (Wildman–Crippen MR) is 46.8 cm³/mol. The first-order valence-corrected chi connectivity index (χ1v) is 5.47. The first-order chi connectivity index (χ1) is 4.91. The van der Waals surface area contributed by atoms with Crippen LogP contribution in [0.3, 0.4) is 0 Å². The molecule has 3 heteroatoms. The van der Waals surface area contributed by atoms with Crippen LogP contribution in [-0.2, 0) is 4.43 Å². The number of hydrogen-bond acceptors (Lipinski definition) is 1. The molecule has 0 aliphatic heterocycles. The number of hydrogen-bond donors (Lipinski definition) is 0. The lowest BCUT2D eigenvalue weighted by Gasteiger charge is -1.98. The Bertz CT molecular complexity index is 53.6. The van der Waals surface area contributed by atoms with Crippen molar-refractivity contribution >= 4 is 21.4 Å². The van der Waals surface area contributed by atoms with E-state index in [9.17, 15) is 0 Å². The lowest BCUT2D eigenvalue weighted by atomic mass is 10.4. The summed E-state index contributed by atoms with van der Waals surface area (Å²) in [5.74, 6) is 0.768. The van der Waals surface area contributed by atoms with Crippen molar-refractivity contribution in [2.75, 3.05) is 12.5 Å². The van der Waals surface area contributed by atoms with E-state index < -0.39 is 0 Å². The normalized spacial score (nSPS) is 10.2. The molecule has 0 N–H and O–H groups in total. The van der Waals surface area contributed by atoms with E-state index in [-0.39, 0.29) is 0 Å². The van der Waals surface area contributed by atoms with Crippen molar-refractivity contribution in [2.24, 2.45) is 0 Å². The van der Waals surface area contributed by atoms with E-state index in [0.29, 0.717) is 9.76 Å². The molecule has 0 rings (SSSR count). The molecule has 1 nitrogen and oxygen atoms in total. The zero-order chi connectivity index (χ0) is 7.66. The maximum Gasteiger partial charge on any atom is 0.229 e. The molecule has 0 aromatic carbocycles. The van der Waals surface area contributed by atoms with Gasteiger partial charge in [-0.15, -0.1) is 11.6 Å². The van der Waals surface area contributed by atoms with Crippen LogP contribution in [0.15, 0.2) is 0 Å². The third-order valence-electron chi connectivity index (χ3n) is 1.11. The third-order valence-corrected chi connectivity index (χ3v) is 2.35. The molecule has 0 saturated carbocycles. The molecule has 0 aromatic heterocycles. The summed E-state index contributed by atoms with van der Waals surface area (Å²) in [6.45, 7) is 3.10. The largest absolute Gasteiger partial charge is 0.417 e. The standard InChI is InChI=1S/C7H15ClOSi/c1-2-3-6-9-10-7-4-5-8/h2-7H2,1H3. The topological polar surface area (TPSA) is 9.23 Å². The summed E-state index contributed by atoms with van der Waals surface area (Å²) in [5.41, 5.74) is 0. The maximum absolute atomic E-state index is 5.49. The van der Waals surface area contributed by atoms with Crippen molar-refractivity contribution in [1.82, 2.24) is 0 Å². The van der Waals surface area contributed by atoms with Gasteiger partial charge in [0, 0.05) is 12.5 Å². The summed E-state index contributed by atoms with van der Waals surface area (Å²) in [4.78, 5) is 0. The van der Waals surface area contributed by atoms with Gasteiger partial charge < -0.3 is 4.43 Å². The van der Waals surface area contributed by atoms with Crippen LogP contribution in [0.2, 0.25) is 6.04 Å². The molecule has 0 fully saturated rings. The molecular formula is C7H15ClOSi. The molecule has 0 saturated heterocycles. The van der Waals surface area contributed by atoms with Gasteiger partial charge in [-0.3, -0.25) is 0 Å². The van der Waals surface area contributed by atoms with Gasteiger partial charge in [0.25, 0.3) is 0 Å². The number of rotatable bonds is 7. The highest BCUT2D eigenvalue weighted by Crippen LogP contribution is 1.93. The Morgan fingerprint density at radius 3 is 2.80 bits per heavy atom. The average Bonchev–Trinajstić information content (AvgIpc) is 1.97. The number of halogens is 1. The highest BCUT2D eigenvalue weighted by molar-refractivity contribution is 6.27. The summed E-state index contributed by atoms with van der Waals surface area (Å²) in [5, 5.41) is 0. The Morgan fingerprint density at radius 1 is 1.40 bits per heavy atom. The van der Waals surface area contributed by atoms with Crippen molar-refractivity contribution in [3.05, 3.63) is 0 Å². The van der Waals surface area contributed by atoms with Gasteiger partial charge in [-0.25, -0.2) is 0 Å². The van der Waals surface area contributed by atoms with E-state index in [4.69, 9.17) is 16.0 Å². The van der Waals surface area contributed by atoms with E-state index in [1.807, 2.05) is 0 Å². The van der Waals surface area contributed by atoms with Crippen LogP contribution in [0.1, 0.15) is 26.2 Å². The van der Waals surface area contributed by atoms with Crippen LogP contribution in [0.25, 0.3) is 0 Å². The molecule has 0 aliphatic rings. The average molecular weight is 179 g/mol. The van der Waals surface area contributed by atoms with Crippen LogP contribution in [-0.4, -0.2) is 22.3 Å². The van der Waals surface area contributed by atoms with Gasteiger partial charge in [0.15, 0.2) is 0 Å². The van der Waals surface area contributed by atoms with Gasteiger partial charge in [-0.05, 0) is 18.9 Å². The van der Waals surface area contributed by atoms with E-state index in [0.717, 1.165) is 25.0 Å². The van der Waals surface area contributed by atoms with Gasteiger partial charge in [0.05, 0.1) is 0 Å². The van der Waals surface area contributed by atoms with Gasteiger partial charge in [0.1, 0.15) is 0 Å². The summed E-state index contributed by atoms with van der Waals surface area (Å²) >= 11 is 5.49. The van der Waals surface area contributed by atoms with Gasteiger partial charge in [-0.1, -0.05) is 13.3 Å². The Hall–Kier alpha value is 0.467. The van der Waals surface area contributed by atoms with Crippen molar-refractivity contribution in [2.45, 2.75) is 32.2 Å². The molecular weight excluding hydrogens is 164 g/mol. The fraction of sp³-hybridized carbons (Fsp3) is 1.00. The molecule has 60 valence electrons. The Balaban J connectivity index is 2.65. The fourth-order valence-corrected chi connectivity index (χ4v) is 1.61. The number of unbranched alkanes of at least 4 members (excludes halogenated alkanes) is 1. The fourth-order valence-electron chi connectivity index (χ4n) is 0.500. The van der Waals surface area contributed by atoms with Gasteiger partial charge in [0.2, 0.25) is 9.76 Å². The second-order valence-electron chi connectivity index (χ2n) is 2.14. The van der Waals surface area contributed by atoms with Crippen LogP contribution >= 0.6 is 11.6 Å². The molecule has 10 heavy (non-hydrogen) atoms.